The molecule has 0 unspecified atom stereocenters. The molecule has 0 spiro atoms. The minimum absolute atomic E-state index is 0.141. The van der Waals surface area contributed by atoms with E-state index in [1.807, 2.05) is 29.2 Å². The molecule has 0 aromatic carbocycles. The molecule has 126 valence electrons. The van der Waals surface area contributed by atoms with E-state index in [4.69, 9.17) is 0 Å². The Kier molecular flexibility index (Phi) is 4.65. The van der Waals surface area contributed by atoms with E-state index >= 15 is 0 Å². The Labute approximate surface area is 143 Å². The molecule has 0 bridgehead atoms. The summed E-state index contributed by atoms with van der Waals surface area (Å²) in [6, 6.07) is 9.89. The average Bonchev–Trinajstić information content (AvgIpc) is 2.58. The smallest absolute Gasteiger partial charge is 0.232 e. The lowest BCUT2D eigenvalue weighted by Crippen LogP contribution is -2.47. The van der Waals surface area contributed by atoms with Crippen molar-refractivity contribution in [2.75, 3.05) is 0 Å². The molecule has 2 aromatic rings. The molecular formula is C20H25N3O. The van der Waals surface area contributed by atoms with Crippen LogP contribution in [0.4, 0.5) is 0 Å². The topological polar surface area (TPSA) is 46.1 Å². The van der Waals surface area contributed by atoms with Gasteiger partial charge in [0.2, 0.25) is 5.91 Å². The SMILES string of the molecule is CC(C)(C)N(Cc1ccccn1)C(=O)[C@@H]1CCCc2cccnc21. The summed E-state index contributed by atoms with van der Waals surface area (Å²) in [5, 5.41) is 0. The van der Waals surface area contributed by atoms with Gasteiger partial charge in [-0.3, -0.25) is 14.8 Å². The van der Waals surface area contributed by atoms with E-state index in [0.29, 0.717) is 6.54 Å². The summed E-state index contributed by atoms with van der Waals surface area (Å²) in [5.74, 6) is 0.0192. The van der Waals surface area contributed by atoms with Gasteiger partial charge in [-0.25, -0.2) is 0 Å². The van der Waals surface area contributed by atoms with Crippen LogP contribution in [0.2, 0.25) is 0 Å². The zero-order chi connectivity index (χ0) is 17.2. The average molecular weight is 323 g/mol. The maximum Gasteiger partial charge on any atom is 0.232 e. The highest BCUT2D eigenvalue weighted by atomic mass is 16.2. The number of carbonyl (C=O) groups excluding carboxylic acids is 1. The first kappa shape index (κ1) is 16.6. The zero-order valence-corrected chi connectivity index (χ0v) is 14.7. The molecule has 2 aromatic heterocycles. The zero-order valence-electron chi connectivity index (χ0n) is 14.7. The van der Waals surface area contributed by atoms with Gasteiger partial charge in [-0.2, -0.15) is 0 Å². The van der Waals surface area contributed by atoms with Gasteiger partial charge in [0.15, 0.2) is 0 Å². The maximum atomic E-state index is 13.4. The number of hydrogen-bond donors (Lipinski definition) is 0. The van der Waals surface area contributed by atoms with Crippen molar-refractivity contribution < 1.29 is 4.79 Å². The molecule has 2 heterocycles. The second-order valence-corrected chi connectivity index (χ2v) is 7.41. The van der Waals surface area contributed by atoms with E-state index in [1.54, 1.807) is 12.4 Å². The van der Waals surface area contributed by atoms with Gasteiger partial charge in [-0.05, 0) is 63.8 Å². The van der Waals surface area contributed by atoms with Crippen molar-refractivity contribution in [1.82, 2.24) is 14.9 Å². The molecule has 1 aliphatic carbocycles. The van der Waals surface area contributed by atoms with E-state index in [2.05, 4.69) is 36.8 Å². The Bertz CT molecular complexity index is 706. The van der Waals surface area contributed by atoms with Crippen LogP contribution in [0.5, 0.6) is 0 Å². The molecule has 3 rings (SSSR count). The van der Waals surface area contributed by atoms with Crippen LogP contribution in [0, 0.1) is 0 Å². The summed E-state index contributed by atoms with van der Waals surface area (Å²) in [5.41, 5.74) is 2.83. The van der Waals surface area contributed by atoms with Crippen LogP contribution < -0.4 is 0 Å². The normalized spacial score (nSPS) is 17.2. The number of pyridine rings is 2. The van der Waals surface area contributed by atoms with Crippen molar-refractivity contribution in [3.8, 4) is 0 Å². The number of hydrogen-bond acceptors (Lipinski definition) is 3. The van der Waals surface area contributed by atoms with Gasteiger partial charge in [-0.1, -0.05) is 12.1 Å². The summed E-state index contributed by atoms with van der Waals surface area (Å²) < 4.78 is 0. The van der Waals surface area contributed by atoms with Crippen molar-refractivity contribution in [2.45, 2.75) is 58.0 Å². The fourth-order valence-corrected chi connectivity index (χ4v) is 3.34. The third kappa shape index (κ3) is 3.48. The molecule has 0 saturated heterocycles. The quantitative estimate of drug-likeness (QED) is 0.865. The predicted octanol–water partition coefficient (Wildman–Crippen LogP) is 3.72. The van der Waals surface area contributed by atoms with Crippen molar-refractivity contribution in [1.29, 1.82) is 0 Å². The van der Waals surface area contributed by atoms with E-state index in [0.717, 1.165) is 30.7 Å². The van der Waals surface area contributed by atoms with Gasteiger partial charge in [0.1, 0.15) is 0 Å². The van der Waals surface area contributed by atoms with Crippen LogP contribution in [-0.4, -0.2) is 26.3 Å². The molecule has 4 nitrogen and oxygen atoms in total. The molecule has 1 aliphatic rings. The molecule has 0 fully saturated rings. The second-order valence-electron chi connectivity index (χ2n) is 7.41. The van der Waals surface area contributed by atoms with Crippen LogP contribution in [0.15, 0.2) is 42.7 Å². The Morgan fingerprint density at radius 2 is 1.96 bits per heavy atom. The number of amides is 1. The second kappa shape index (κ2) is 6.71. The summed E-state index contributed by atoms with van der Waals surface area (Å²) in [6.07, 6.45) is 6.50. The lowest BCUT2D eigenvalue weighted by molar-refractivity contribution is -0.139. The van der Waals surface area contributed by atoms with Crippen molar-refractivity contribution in [2.24, 2.45) is 0 Å². The summed E-state index contributed by atoms with van der Waals surface area (Å²) in [4.78, 5) is 24.2. The highest BCUT2D eigenvalue weighted by Crippen LogP contribution is 2.33. The number of aryl methyl sites for hydroxylation is 1. The van der Waals surface area contributed by atoms with Crippen LogP contribution in [-0.2, 0) is 17.8 Å². The first-order valence-electron chi connectivity index (χ1n) is 8.62. The van der Waals surface area contributed by atoms with Gasteiger partial charge in [-0.15, -0.1) is 0 Å². The lowest BCUT2D eigenvalue weighted by Gasteiger charge is -2.39. The first-order valence-corrected chi connectivity index (χ1v) is 8.62. The predicted molar refractivity (Wildman–Crippen MR) is 94.5 cm³/mol. The highest BCUT2D eigenvalue weighted by Gasteiger charge is 2.35. The van der Waals surface area contributed by atoms with Gasteiger partial charge in [0.25, 0.3) is 0 Å². The minimum Gasteiger partial charge on any atom is -0.331 e. The Morgan fingerprint density at radius 1 is 1.17 bits per heavy atom. The van der Waals surface area contributed by atoms with Crippen molar-refractivity contribution in [3.05, 3.63) is 59.7 Å². The van der Waals surface area contributed by atoms with E-state index in [9.17, 15) is 4.79 Å². The number of fused-ring (bicyclic) bond motifs is 1. The van der Waals surface area contributed by atoms with Crippen LogP contribution >= 0.6 is 0 Å². The third-order valence-electron chi connectivity index (χ3n) is 4.62. The van der Waals surface area contributed by atoms with Crippen LogP contribution in [0.3, 0.4) is 0 Å². The molecule has 0 aliphatic heterocycles. The number of carbonyl (C=O) groups is 1. The molecule has 0 saturated carbocycles. The fourth-order valence-electron chi connectivity index (χ4n) is 3.34. The van der Waals surface area contributed by atoms with Crippen LogP contribution in [0.1, 0.15) is 56.5 Å². The van der Waals surface area contributed by atoms with Gasteiger partial charge in [0, 0.05) is 17.9 Å². The first-order chi connectivity index (χ1) is 11.5. The molecule has 0 N–H and O–H groups in total. The molecule has 24 heavy (non-hydrogen) atoms. The van der Waals surface area contributed by atoms with E-state index in [-0.39, 0.29) is 17.4 Å². The molecule has 4 heteroatoms. The Morgan fingerprint density at radius 3 is 2.67 bits per heavy atom. The minimum atomic E-state index is -0.263. The highest BCUT2D eigenvalue weighted by molar-refractivity contribution is 5.84. The Hall–Kier alpha value is -2.23. The molecular weight excluding hydrogens is 298 g/mol. The number of aromatic nitrogens is 2. The van der Waals surface area contributed by atoms with Crippen molar-refractivity contribution in [3.63, 3.8) is 0 Å². The van der Waals surface area contributed by atoms with E-state index < -0.39 is 0 Å². The third-order valence-corrected chi connectivity index (χ3v) is 4.62. The summed E-state index contributed by atoms with van der Waals surface area (Å²) in [6.45, 7) is 6.77. The number of nitrogens with zero attached hydrogens (tertiary/aromatic N) is 3. The summed E-state index contributed by atoms with van der Waals surface area (Å²) in [7, 11) is 0. The van der Waals surface area contributed by atoms with Crippen LogP contribution in [0.25, 0.3) is 0 Å². The van der Waals surface area contributed by atoms with Gasteiger partial charge < -0.3 is 4.90 Å². The molecule has 0 radical (unpaired) electrons. The monoisotopic (exact) mass is 323 g/mol. The maximum absolute atomic E-state index is 13.4. The number of rotatable bonds is 3. The van der Waals surface area contributed by atoms with Crippen molar-refractivity contribution >= 4 is 5.91 Å². The van der Waals surface area contributed by atoms with Gasteiger partial charge in [0.05, 0.1) is 23.9 Å². The summed E-state index contributed by atoms with van der Waals surface area (Å²) >= 11 is 0. The standard InChI is InChI=1S/C20H25N3O/c1-20(2,3)23(14-16-10-4-5-12-21-16)19(24)17-11-6-8-15-9-7-13-22-18(15)17/h4-5,7,9-10,12-13,17H,6,8,11,14H2,1-3H3/t17-/m1/s1. The lowest BCUT2D eigenvalue weighted by atomic mass is 9.85. The van der Waals surface area contributed by atoms with Gasteiger partial charge >= 0.3 is 0 Å². The largest absolute Gasteiger partial charge is 0.331 e. The Balaban J connectivity index is 1.90. The molecule has 1 atom stereocenters. The van der Waals surface area contributed by atoms with E-state index in [1.165, 1.54) is 5.56 Å². The fraction of sp³-hybridized carbons (Fsp3) is 0.450. The molecule has 1 amide bonds.